The van der Waals surface area contributed by atoms with Crippen LogP contribution in [0.4, 0.5) is 5.69 Å². The number of aryl methyl sites for hydroxylation is 1. The van der Waals surface area contributed by atoms with Crippen LogP contribution in [0.1, 0.15) is 31.4 Å². The van der Waals surface area contributed by atoms with E-state index in [4.69, 9.17) is 0 Å². The second-order valence-electron chi connectivity index (χ2n) is 6.44. The summed E-state index contributed by atoms with van der Waals surface area (Å²) in [6.07, 6.45) is 0.928. The number of hydrogen-bond donors (Lipinski definition) is 2. The lowest BCUT2D eigenvalue weighted by Gasteiger charge is -2.18. The third kappa shape index (κ3) is 4.29. The highest BCUT2D eigenvalue weighted by atomic mass is 16.3. The first-order valence-electron chi connectivity index (χ1n) is 7.73. The first kappa shape index (κ1) is 16.0. The zero-order chi connectivity index (χ0) is 15.4. The zero-order valence-corrected chi connectivity index (χ0v) is 13.2. The molecule has 1 fully saturated rings. The number of hydrogen-bond acceptors (Lipinski definition) is 3. The van der Waals surface area contributed by atoms with Crippen molar-refractivity contribution in [3.8, 4) is 0 Å². The van der Waals surface area contributed by atoms with Crippen LogP contribution in [-0.4, -0.2) is 35.5 Å². The Balaban J connectivity index is 1.96. The van der Waals surface area contributed by atoms with Crippen LogP contribution in [0.3, 0.4) is 0 Å². The summed E-state index contributed by atoms with van der Waals surface area (Å²) in [4.78, 5) is 14.8. The molecule has 0 aromatic heterocycles. The predicted octanol–water partition coefficient (Wildman–Crippen LogP) is 2.40. The van der Waals surface area contributed by atoms with Crippen LogP contribution in [-0.2, 0) is 11.4 Å². The van der Waals surface area contributed by atoms with E-state index in [0.717, 1.165) is 42.9 Å². The van der Waals surface area contributed by atoms with E-state index in [1.807, 2.05) is 25.1 Å². The highest BCUT2D eigenvalue weighted by molar-refractivity contribution is 5.93. The van der Waals surface area contributed by atoms with Crippen LogP contribution < -0.4 is 5.32 Å². The minimum atomic E-state index is -0.00521. The molecule has 1 aromatic rings. The van der Waals surface area contributed by atoms with Crippen molar-refractivity contribution in [1.82, 2.24) is 4.90 Å². The third-order valence-electron chi connectivity index (χ3n) is 4.01. The van der Waals surface area contributed by atoms with E-state index in [9.17, 15) is 9.90 Å². The molecule has 2 rings (SSSR count). The van der Waals surface area contributed by atoms with Crippen LogP contribution in [0.2, 0.25) is 0 Å². The Hall–Kier alpha value is -1.39. The largest absolute Gasteiger partial charge is 0.392 e. The van der Waals surface area contributed by atoms with Gasteiger partial charge in [-0.25, -0.2) is 0 Å². The molecule has 0 saturated carbocycles. The van der Waals surface area contributed by atoms with E-state index in [0.29, 0.717) is 5.92 Å². The van der Waals surface area contributed by atoms with Crippen molar-refractivity contribution in [3.05, 3.63) is 29.3 Å². The van der Waals surface area contributed by atoms with Gasteiger partial charge in [0.2, 0.25) is 5.91 Å². The molecule has 1 aromatic carbocycles. The summed E-state index contributed by atoms with van der Waals surface area (Å²) < 4.78 is 0. The summed E-state index contributed by atoms with van der Waals surface area (Å²) in [5.74, 6) is 0.802. The molecular formula is C17H26N2O2. The fraction of sp³-hybridized carbons (Fsp3) is 0.588. The van der Waals surface area contributed by atoms with E-state index < -0.39 is 0 Å². The van der Waals surface area contributed by atoms with E-state index in [1.165, 1.54) is 0 Å². The van der Waals surface area contributed by atoms with E-state index in [1.54, 1.807) is 0 Å². The molecule has 21 heavy (non-hydrogen) atoms. The van der Waals surface area contributed by atoms with Gasteiger partial charge < -0.3 is 15.3 Å². The summed E-state index contributed by atoms with van der Waals surface area (Å²) in [6, 6.07) is 5.67. The van der Waals surface area contributed by atoms with Gasteiger partial charge in [0, 0.05) is 18.8 Å². The molecular weight excluding hydrogens is 264 g/mol. The van der Waals surface area contributed by atoms with Crippen molar-refractivity contribution in [2.24, 2.45) is 11.8 Å². The molecule has 0 bridgehead atoms. The Morgan fingerprint density at radius 2 is 2.24 bits per heavy atom. The summed E-state index contributed by atoms with van der Waals surface area (Å²) in [7, 11) is 0. The van der Waals surface area contributed by atoms with Crippen molar-refractivity contribution >= 4 is 11.6 Å². The van der Waals surface area contributed by atoms with Gasteiger partial charge >= 0.3 is 0 Å². The van der Waals surface area contributed by atoms with Gasteiger partial charge in [0.1, 0.15) is 0 Å². The van der Waals surface area contributed by atoms with E-state index >= 15 is 0 Å². The number of carbonyl (C=O) groups is 1. The Labute approximate surface area is 127 Å². The van der Waals surface area contributed by atoms with Gasteiger partial charge in [-0.05, 0) is 43.0 Å². The number of likely N-dealkylation sites (tertiary alicyclic amines) is 1. The van der Waals surface area contributed by atoms with Gasteiger partial charge in [0.15, 0.2) is 0 Å². The van der Waals surface area contributed by atoms with Crippen LogP contribution in [0, 0.1) is 18.8 Å². The molecule has 1 atom stereocenters. The summed E-state index contributed by atoms with van der Waals surface area (Å²) in [5, 5.41) is 12.2. The Morgan fingerprint density at radius 1 is 1.48 bits per heavy atom. The van der Waals surface area contributed by atoms with E-state index in [2.05, 4.69) is 24.1 Å². The SMILES string of the molecule is Cc1ccc(CO)cc1NC(=O)C1CCN(CC(C)C)C1. The first-order chi connectivity index (χ1) is 9.99. The summed E-state index contributed by atoms with van der Waals surface area (Å²) in [5.41, 5.74) is 2.66. The van der Waals surface area contributed by atoms with Crippen molar-refractivity contribution in [3.63, 3.8) is 0 Å². The summed E-state index contributed by atoms with van der Waals surface area (Å²) in [6.45, 7) is 9.29. The lowest BCUT2D eigenvalue weighted by molar-refractivity contribution is -0.119. The highest BCUT2D eigenvalue weighted by Crippen LogP contribution is 2.22. The molecule has 1 heterocycles. The predicted molar refractivity (Wildman–Crippen MR) is 85.1 cm³/mol. The quantitative estimate of drug-likeness (QED) is 0.875. The maximum Gasteiger partial charge on any atom is 0.228 e. The number of aliphatic hydroxyl groups excluding tert-OH is 1. The van der Waals surface area contributed by atoms with Crippen LogP contribution in [0.25, 0.3) is 0 Å². The molecule has 0 spiro atoms. The fourth-order valence-corrected chi connectivity index (χ4v) is 2.87. The number of anilines is 1. The minimum Gasteiger partial charge on any atom is -0.392 e. The second kappa shape index (κ2) is 7.05. The normalized spacial score (nSPS) is 19.2. The standard InChI is InChI=1S/C17H26N2O2/c1-12(2)9-19-7-6-15(10-19)17(21)18-16-8-14(11-20)5-4-13(16)3/h4-5,8,12,15,20H,6-7,9-11H2,1-3H3,(H,18,21). The molecule has 1 aliphatic heterocycles. The van der Waals surface area contributed by atoms with Crippen molar-refractivity contribution in [2.75, 3.05) is 25.0 Å². The molecule has 4 heteroatoms. The van der Waals surface area contributed by atoms with Gasteiger partial charge in [-0.2, -0.15) is 0 Å². The Bertz CT molecular complexity index is 500. The molecule has 2 N–H and O–H groups in total. The number of nitrogens with one attached hydrogen (secondary N) is 1. The number of carbonyl (C=O) groups excluding carboxylic acids is 1. The molecule has 4 nitrogen and oxygen atoms in total. The van der Waals surface area contributed by atoms with Crippen molar-refractivity contribution in [1.29, 1.82) is 0 Å². The fourth-order valence-electron chi connectivity index (χ4n) is 2.87. The van der Waals surface area contributed by atoms with Gasteiger partial charge in [0.05, 0.1) is 12.5 Å². The third-order valence-corrected chi connectivity index (χ3v) is 4.01. The highest BCUT2D eigenvalue weighted by Gasteiger charge is 2.28. The first-order valence-corrected chi connectivity index (χ1v) is 7.73. The van der Waals surface area contributed by atoms with E-state index in [-0.39, 0.29) is 18.4 Å². The number of benzene rings is 1. The summed E-state index contributed by atoms with van der Waals surface area (Å²) >= 11 is 0. The van der Waals surface area contributed by atoms with Crippen molar-refractivity contribution < 1.29 is 9.90 Å². The molecule has 0 aliphatic carbocycles. The molecule has 0 radical (unpaired) electrons. The maximum absolute atomic E-state index is 12.4. The van der Waals surface area contributed by atoms with Crippen LogP contribution >= 0.6 is 0 Å². The lowest BCUT2D eigenvalue weighted by atomic mass is 10.1. The Morgan fingerprint density at radius 3 is 2.90 bits per heavy atom. The minimum absolute atomic E-state index is 0.00521. The van der Waals surface area contributed by atoms with Gasteiger partial charge in [-0.15, -0.1) is 0 Å². The van der Waals surface area contributed by atoms with Gasteiger partial charge in [-0.3, -0.25) is 4.79 Å². The molecule has 1 unspecified atom stereocenters. The molecule has 1 amide bonds. The number of aliphatic hydroxyl groups is 1. The van der Waals surface area contributed by atoms with Gasteiger partial charge in [-0.1, -0.05) is 26.0 Å². The average Bonchev–Trinajstić information content (AvgIpc) is 2.89. The zero-order valence-electron chi connectivity index (χ0n) is 13.2. The topological polar surface area (TPSA) is 52.6 Å². The lowest BCUT2D eigenvalue weighted by Crippen LogP contribution is -2.29. The molecule has 1 aliphatic rings. The second-order valence-corrected chi connectivity index (χ2v) is 6.44. The maximum atomic E-state index is 12.4. The van der Waals surface area contributed by atoms with Gasteiger partial charge in [0.25, 0.3) is 0 Å². The number of nitrogens with zero attached hydrogens (tertiary/aromatic N) is 1. The molecule has 116 valence electrons. The molecule has 1 saturated heterocycles. The number of rotatable bonds is 5. The Kier molecular flexibility index (Phi) is 5.37. The van der Waals surface area contributed by atoms with Crippen molar-refractivity contribution in [2.45, 2.75) is 33.8 Å². The van der Waals surface area contributed by atoms with Crippen LogP contribution in [0.15, 0.2) is 18.2 Å². The monoisotopic (exact) mass is 290 g/mol. The van der Waals surface area contributed by atoms with Crippen LogP contribution in [0.5, 0.6) is 0 Å². The average molecular weight is 290 g/mol. The smallest absolute Gasteiger partial charge is 0.228 e. The number of amides is 1.